The van der Waals surface area contributed by atoms with Gasteiger partial charge in [0, 0.05) is 11.6 Å². The monoisotopic (exact) mass is 303 g/mol. The molecule has 0 aliphatic carbocycles. The van der Waals surface area contributed by atoms with Crippen LogP contribution in [0, 0.1) is 0 Å². The Bertz CT molecular complexity index is 600. The van der Waals surface area contributed by atoms with Crippen molar-refractivity contribution >= 4 is 23.5 Å². The van der Waals surface area contributed by atoms with E-state index in [9.17, 15) is 13.2 Å². The van der Waals surface area contributed by atoms with E-state index in [0.29, 0.717) is 5.02 Å². The molecule has 0 amide bonds. The van der Waals surface area contributed by atoms with E-state index in [1.807, 2.05) is 0 Å². The van der Waals surface area contributed by atoms with Gasteiger partial charge in [-0.25, -0.2) is 0 Å². The van der Waals surface area contributed by atoms with E-state index in [1.54, 1.807) is 24.3 Å². The minimum absolute atomic E-state index is 0.234. The van der Waals surface area contributed by atoms with E-state index in [0.717, 1.165) is 5.56 Å². The lowest BCUT2D eigenvalue weighted by molar-refractivity contribution is -0.144. The van der Waals surface area contributed by atoms with E-state index in [2.05, 4.69) is 20.3 Å². The van der Waals surface area contributed by atoms with Crippen molar-refractivity contribution in [1.82, 2.24) is 15.0 Å². The average Bonchev–Trinajstić information content (AvgIpc) is 2.36. The number of aromatic nitrogens is 3. The Morgan fingerprint density at radius 3 is 2.35 bits per heavy atom. The Balaban J connectivity index is 2.13. The zero-order valence-electron chi connectivity index (χ0n) is 9.95. The van der Waals surface area contributed by atoms with Crippen molar-refractivity contribution in [1.29, 1.82) is 0 Å². The number of rotatable bonds is 3. The van der Waals surface area contributed by atoms with Crippen LogP contribution in [-0.2, 0) is 12.7 Å². The van der Waals surface area contributed by atoms with Crippen LogP contribution in [0.4, 0.5) is 25.1 Å². The fourth-order valence-corrected chi connectivity index (χ4v) is 1.51. The molecule has 1 heterocycles. The molecule has 0 unspecified atom stereocenters. The first-order chi connectivity index (χ1) is 9.34. The highest BCUT2D eigenvalue weighted by Gasteiger charge is 2.35. The molecule has 1 aromatic carbocycles. The van der Waals surface area contributed by atoms with Crippen LogP contribution >= 0.6 is 11.6 Å². The SMILES string of the molecule is Nc1nc(NCc2ccc(Cl)cc2)nc(C(F)(F)F)n1. The number of halogens is 4. The molecular formula is C11H9ClF3N5. The van der Waals surface area contributed by atoms with Crippen LogP contribution in [0.2, 0.25) is 5.02 Å². The Morgan fingerprint density at radius 1 is 1.10 bits per heavy atom. The lowest BCUT2D eigenvalue weighted by atomic mass is 10.2. The summed E-state index contributed by atoms with van der Waals surface area (Å²) >= 11 is 5.73. The van der Waals surface area contributed by atoms with Gasteiger partial charge in [0.25, 0.3) is 0 Å². The lowest BCUT2D eigenvalue weighted by Crippen LogP contribution is -2.16. The molecule has 0 radical (unpaired) electrons. The Hall–Kier alpha value is -2.09. The van der Waals surface area contributed by atoms with Crippen LogP contribution in [0.3, 0.4) is 0 Å². The van der Waals surface area contributed by atoms with Crippen LogP contribution in [0.5, 0.6) is 0 Å². The quantitative estimate of drug-likeness (QED) is 0.911. The molecule has 0 bridgehead atoms. The number of hydrogen-bond donors (Lipinski definition) is 2. The molecule has 106 valence electrons. The fourth-order valence-electron chi connectivity index (χ4n) is 1.38. The smallest absolute Gasteiger partial charge is 0.368 e. The van der Waals surface area contributed by atoms with Crippen molar-refractivity contribution in [3.05, 3.63) is 40.7 Å². The largest absolute Gasteiger partial charge is 0.451 e. The van der Waals surface area contributed by atoms with Crippen LogP contribution in [0.1, 0.15) is 11.4 Å². The topological polar surface area (TPSA) is 76.7 Å². The van der Waals surface area contributed by atoms with Crippen molar-refractivity contribution in [2.24, 2.45) is 0 Å². The summed E-state index contributed by atoms with van der Waals surface area (Å²) in [6, 6.07) is 6.79. The summed E-state index contributed by atoms with van der Waals surface area (Å²) < 4.78 is 37.5. The molecule has 1 aromatic heterocycles. The van der Waals surface area contributed by atoms with Gasteiger partial charge in [-0.3, -0.25) is 0 Å². The second-order valence-corrected chi connectivity index (χ2v) is 4.26. The second-order valence-electron chi connectivity index (χ2n) is 3.82. The maximum atomic E-state index is 12.5. The highest BCUT2D eigenvalue weighted by Crippen LogP contribution is 2.26. The van der Waals surface area contributed by atoms with E-state index < -0.39 is 17.9 Å². The summed E-state index contributed by atoms with van der Waals surface area (Å²) in [5.41, 5.74) is 6.03. The standard InChI is InChI=1S/C11H9ClF3N5/c12-7-3-1-6(2-4-7)5-17-10-19-8(11(13,14)15)18-9(16)20-10/h1-4H,5H2,(H3,16,17,18,19,20). The molecule has 20 heavy (non-hydrogen) atoms. The predicted molar refractivity (Wildman–Crippen MR) is 68.0 cm³/mol. The van der Waals surface area contributed by atoms with Crippen molar-refractivity contribution in [2.75, 3.05) is 11.1 Å². The van der Waals surface area contributed by atoms with Crippen LogP contribution in [0.15, 0.2) is 24.3 Å². The number of nitrogens with zero attached hydrogens (tertiary/aromatic N) is 3. The van der Waals surface area contributed by atoms with Gasteiger partial charge >= 0.3 is 6.18 Å². The van der Waals surface area contributed by atoms with Crippen molar-refractivity contribution < 1.29 is 13.2 Å². The molecule has 2 aromatic rings. The van der Waals surface area contributed by atoms with Crippen molar-refractivity contribution in [2.45, 2.75) is 12.7 Å². The number of nitrogen functional groups attached to an aromatic ring is 1. The summed E-state index contributed by atoms with van der Waals surface area (Å²) in [6.45, 7) is 0.234. The lowest BCUT2D eigenvalue weighted by Gasteiger charge is -2.09. The van der Waals surface area contributed by atoms with Crippen molar-refractivity contribution in [3.63, 3.8) is 0 Å². The first kappa shape index (κ1) is 14.3. The normalized spacial score (nSPS) is 11.4. The maximum Gasteiger partial charge on any atom is 0.451 e. The van der Waals surface area contributed by atoms with E-state index >= 15 is 0 Å². The Labute approximate surface area is 117 Å². The molecule has 5 nitrogen and oxygen atoms in total. The van der Waals surface area contributed by atoms with Gasteiger partial charge in [0.1, 0.15) is 0 Å². The molecular weight excluding hydrogens is 295 g/mol. The van der Waals surface area contributed by atoms with Crippen LogP contribution in [-0.4, -0.2) is 15.0 Å². The fraction of sp³-hybridized carbons (Fsp3) is 0.182. The third-order valence-corrected chi connectivity index (χ3v) is 2.52. The van der Waals surface area contributed by atoms with Gasteiger partial charge in [-0.15, -0.1) is 0 Å². The second kappa shape index (κ2) is 5.49. The number of nitrogens with two attached hydrogens (primary N) is 1. The molecule has 9 heteroatoms. The van der Waals surface area contributed by atoms with Crippen molar-refractivity contribution in [3.8, 4) is 0 Å². The minimum atomic E-state index is -4.67. The first-order valence-electron chi connectivity index (χ1n) is 5.41. The summed E-state index contributed by atoms with van der Waals surface area (Å²) in [7, 11) is 0. The van der Waals surface area contributed by atoms with Gasteiger partial charge in [-0.05, 0) is 17.7 Å². The predicted octanol–water partition coefficient (Wildman–Crippen LogP) is 2.74. The summed E-state index contributed by atoms with van der Waals surface area (Å²) in [6.07, 6.45) is -4.67. The number of hydrogen-bond acceptors (Lipinski definition) is 5. The van der Waals surface area contributed by atoms with Gasteiger partial charge in [-0.1, -0.05) is 23.7 Å². The van der Waals surface area contributed by atoms with Crippen LogP contribution < -0.4 is 11.1 Å². The zero-order chi connectivity index (χ0) is 14.8. The molecule has 0 fully saturated rings. The third-order valence-electron chi connectivity index (χ3n) is 2.27. The minimum Gasteiger partial charge on any atom is -0.368 e. The van der Waals surface area contributed by atoms with E-state index in [4.69, 9.17) is 17.3 Å². The number of nitrogens with one attached hydrogen (secondary N) is 1. The highest BCUT2D eigenvalue weighted by atomic mass is 35.5. The molecule has 0 spiro atoms. The molecule has 0 saturated carbocycles. The van der Waals surface area contributed by atoms with Gasteiger partial charge in [0.2, 0.25) is 17.7 Å². The molecule has 0 saturated heterocycles. The van der Waals surface area contributed by atoms with E-state index in [-0.39, 0.29) is 12.5 Å². The molecule has 0 aliphatic rings. The van der Waals surface area contributed by atoms with Crippen LogP contribution in [0.25, 0.3) is 0 Å². The summed E-state index contributed by atoms with van der Waals surface area (Å²) in [5, 5.41) is 3.22. The summed E-state index contributed by atoms with van der Waals surface area (Å²) in [4.78, 5) is 9.92. The summed E-state index contributed by atoms with van der Waals surface area (Å²) in [5.74, 6) is -2.06. The Kier molecular flexibility index (Phi) is 3.93. The maximum absolute atomic E-state index is 12.5. The van der Waals surface area contributed by atoms with Gasteiger partial charge < -0.3 is 11.1 Å². The highest BCUT2D eigenvalue weighted by molar-refractivity contribution is 6.30. The van der Waals surface area contributed by atoms with Gasteiger partial charge in [0.05, 0.1) is 0 Å². The number of benzene rings is 1. The van der Waals surface area contributed by atoms with Gasteiger partial charge in [-0.2, -0.15) is 28.1 Å². The molecule has 0 atom stereocenters. The third kappa shape index (κ3) is 3.70. The first-order valence-corrected chi connectivity index (χ1v) is 5.79. The average molecular weight is 304 g/mol. The molecule has 0 aliphatic heterocycles. The Morgan fingerprint density at radius 2 is 1.75 bits per heavy atom. The number of alkyl halides is 3. The zero-order valence-corrected chi connectivity index (χ0v) is 10.7. The number of anilines is 2. The molecule has 2 rings (SSSR count). The molecule has 3 N–H and O–H groups in total. The van der Waals surface area contributed by atoms with E-state index in [1.165, 1.54) is 0 Å². The van der Waals surface area contributed by atoms with Gasteiger partial charge in [0.15, 0.2) is 0 Å².